The number of hydrogen-bond donors (Lipinski definition) is 1. The van der Waals surface area contributed by atoms with Crippen LogP contribution in [0.2, 0.25) is 0 Å². The highest BCUT2D eigenvalue weighted by Crippen LogP contribution is 2.29. The van der Waals surface area contributed by atoms with Gasteiger partial charge in [0, 0.05) is 21.9 Å². The summed E-state index contributed by atoms with van der Waals surface area (Å²) in [6.45, 7) is 0.236. The van der Waals surface area contributed by atoms with Crippen molar-refractivity contribution in [3.63, 3.8) is 0 Å². The molecule has 2 heterocycles. The van der Waals surface area contributed by atoms with E-state index in [9.17, 15) is 12.8 Å². The molecule has 0 fully saturated rings. The van der Waals surface area contributed by atoms with E-state index in [1.54, 1.807) is 22.7 Å². The lowest BCUT2D eigenvalue weighted by atomic mass is 10.3. The van der Waals surface area contributed by atoms with Crippen LogP contribution in [0.15, 0.2) is 58.1 Å². The smallest absolute Gasteiger partial charge is 0.211 e. The lowest BCUT2D eigenvalue weighted by molar-refractivity contribution is 0.557. The molecule has 0 saturated carbocycles. The van der Waals surface area contributed by atoms with E-state index in [1.807, 2.05) is 17.5 Å². The summed E-state index contributed by atoms with van der Waals surface area (Å²) in [7, 11) is -3.82. The summed E-state index contributed by atoms with van der Waals surface area (Å²) < 4.78 is 40.2. The number of sulfonamides is 1. The van der Waals surface area contributed by atoms with Crippen LogP contribution in [-0.2, 0) is 16.4 Å². The Morgan fingerprint density at radius 3 is 2.65 bits per heavy atom. The van der Waals surface area contributed by atoms with E-state index in [0.29, 0.717) is 6.42 Å². The van der Waals surface area contributed by atoms with E-state index in [1.165, 1.54) is 28.6 Å². The van der Waals surface area contributed by atoms with Gasteiger partial charge in [-0.25, -0.2) is 17.5 Å². The van der Waals surface area contributed by atoms with Crippen LogP contribution in [0.1, 0.15) is 4.88 Å². The molecule has 0 aliphatic heterocycles. The topological polar surface area (TPSA) is 46.2 Å². The minimum atomic E-state index is -3.82. The normalized spacial score (nSPS) is 11.7. The van der Waals surface area contributed by atoms with Gasteiger partial charge in [0.15, 0.2) is 0 Å². The zero-order valence-corrected chi connectivity index (χ0v) is 14.5. The average molecular weight is 367 g/mol. The van der Waals surface area contributed by atoms with Crippen molar-refractivity contribution in [2.75, 3.05) is 6.54 Å². The first kappa shape index (κ1) is 16.3. The molecule has 7 heteroatoms. The van der Waals surface area contributed by atoms with Gasteiger partial charge in [-0.1, -0.05) is 12.1 Å². The van der Waals surface area contributed by atoms with Crippen LogP contribution in [0.4, 0.5) is 4.39 Å². The molecular formula is C16H14FNO2S3. The first-order valence-electron chi connectivity index (χ1n) is 6.92. The molecular weight excluding hydrogens is 353 g/mol. The van der Waals surface area contributed by atoms with Crippen molar-refractivity contribution in [3.05, 3.63) is 63.9 Å². The molecule has 0 amide bonds. The maximum Gasteiger partial charge on any atom is 0.243 e. The van der Waals surface area contributed by atoms with E-state index in [4.69, 9.17) is 0 Å². The Morgan fingerprint density at radius 1 is 1.09 bits per heavy atom. The first-order valence-corrected chi connectivity index (χ1v) is 10.2. The standard InChI is InChI=1S/C16H14FNO2S3/c17-14-3-1-2-4-16(14)23(19,20)18-9-7-13-5-6-15(22-13)12-8-10-21-11-12/h1-6,8,10-11,18H,7,9H2. The van der Waals surface area contributed by atoms with E-state index in [-0.39, 0.29) is 11.4 Å². The maximum absolute atomic E-state index is 13.6. The van der Waals surface area contributed by atoms with Crippen molar-refractivity contribution in [1.82, 2.24) is 4.72 Å². The number of halogens is 1. The molecule has 2 aromatic heterocycles. The van der Waals surface area contributed by atoms with Gasteiger partial charge in [0.2, 0.25) is 10.0 Å². The molecule has 0 unspecified atom stereocenters. The van der Waals surface area contributed by atoms with Crippen LogP contribution in [0.25, 0.3) is 10.4 Å². The zero-order chi connectivity index (χ0) is 16.3. The molecule has 0 bridgehead atoms. The molecule has 3 rings (SSSR count). The monoisotopic (exact) mass is 367 g/mol. The maximum atomic E-state index is 13.6. The van der Waals surface area contributed by atoms with Gasteiger partial charge < -0.3 is 0 Å². The van der Waals surface area contributed by atoms with Gasteiger partial charge in [-0.05, 0) is 47.5 Å². The van der Waals surface area contributed by atoms with Crippen molar-refractivity contribution < 1.29 is 12.8 Å². The lowest BCUT2D eigenvalue weighted by Crippen LogP contribution is -2.26. The highest BCUT2D eigenvalue weighted by molar-refractivity contribution is 7.89. The minimum absolute atomic E-state index is 0.236. The molecule has 0 saturated heterocycles. The Morgan fingerprint density at radius 2 is 1.91 bits per heavy atom. The highest BCUT2D eigenvalue weighted by Gasteiger charge is 2.17. The molecule has 0 aliphatic rings. The van der Waals surface area contributed by atoms with Crippen molar-refractivity contribution in [3.8, 4) is 10.4 Å². The van der Waals surface area contributed by atoms with Gasteiger partial charge >= 0.3 is 0 Å². The Kier molecular flexibility index (Phi) is 4.91. The Balaban J connectivity index is 1.62. The second-order valence-electron chi connectivity index (χ2n) is 4.86. The Bertz CT molecular complexity index is 886. The summed E-state index contributed by atoms with van der Waals surface area (Å²) in [6, 6.07) is 11.5. The second-order valence-corrected chi connectivity index (χ2v) is 8.54. The highest BCUT2D eigenvalue weighted by atomic mass is 32.2. The molecule has 1 N–H and O–H groups in total. The largest absolute Gasteiger partial charge is 0.243 e. The minimum Gasteiger partial charge on any atom is -0.211 e. The third kappa shape index (κ3) is 3.87. The third-order valence-electron chi connectivity index (χ3n) is 3.26. The van der Waals surface area contributed by atoms with E-state index >= 15 is 0 Å². The fourth-order valence-electron chi connectivity index (χ4n) is 2.12. The van der Waals surface area contributed by atoms with Crippen LogP contribution >= 0.6 is 22.7 Å². The van der Waals surface area contributed by atoms with E-state index < -0.39 is 15.8 Å². The number of hydrogen-bond acceptors (Lipinski definition) is 4. The van der Waals surface area contributed by atoms with Gasteiger partial charge in [0.1, 0.15) is 10.7 Å². The summed E-state index contributed by atoms with van der Waals surface area (Å²) >= 11 is 3.28. The molecule has 1 aromatic carbocycles. The van der Waals surface area contributed by atoms with Crippen LogP contribution in [0, 0.1) is 5.82 Å². The van der Waals surface area contributed by atoms with Crippen LogP contribution in [0.3, 0.4) is 0 Å². The molecule has 0 atom stereocenters. The Labute approximate surface area is 142 Å². The van der Waals surface area contributed by atoms with Gasteiger partial charge in [-0.3, -0.25) is 0 Å². The van der Waals surface area contributed by atoms with Crippen molar-refractivity contribution in [1.29, 1.82) is 0 Å². The fourth-order valence-corrected chi connectivity index (χ4v) is 4.96. The summed E-state index contributed by atoms with van der Waals surface area (Å²) in [5.74, 6) is -0.740. The quantitative estimate of drug-likeness (QED) is 0.712. The van der Waals surface area contributed by atoms with Crippen molar-refractivity contribution in [2.45, 2.75) is 11.3 Å². The molecule has 3 aromatic rings. The third-order valence-corrected chi connectivity index (χ3v) is 6.63. The predicted molar refractivity (Wildman–Crippen MR) is 92.9 cm³/mol. The van der Waals surface area contributed by atoms with Crippen LogP contribution < -0.4 is 4.72 Å². The Hall–Kier alpha value is -1.54. The molecule has 0 aliphatic carbocycles. The molecule has 0 spiro atoms. The summed E-state index contributed by atoms with van der Waals surface area (Å²) in [4.78, 5) is 1.94. The second kappa shape index (κ2) is 6.92. The van der Waals surface area contributed by atoms with Gasteiger partial charge in [-0.15, -0.1) is 11.3 Å². The van der Waals surface area contributed by atoms with Crippen LogP contribution in [0.5, 0.6) is 0 Å². The predicted octanol–water partition coefficient (Wildman–Crippen LogP) is 4.14. The fraction of sp³-hybridized carbons (Fsp3) is 0.125. The first-order chi connectivity index (χ1) is 11.1. The molecule has 23 heavy (non-hydrogen) atoms. The van der Waals surface area contributed by atoms with E-state index in [0.717, 1.165) is 10.9 Å². The summed E-state index contributed by atoms with van der Waals surface area (Å²) in [6.07, 6.45) is 0.572. The van der Waals surface area contributed by atoms with Gasteiger partial charge in [0.25, 0.3) is 0 Å². The van der Waals surface area contributed by atoms with Gasteiger partial charge in [0.05, 0.1) is 0 Å². The lowest BCUT2D eigenvalue weighted by Gasteiger charge is -2.06. The average Bonchev–Trinajstić information content (AvgIpc) is 3.18. The number of nitrogens with one attached hydrogen (secondary N) is 1. The molecule has 3 nitrogen and oxygen atoms in total. The number of benzene rings is 1. The summed E-state index contributed by atoms with van der Waals surface area (Å²) in [5.41, 5.74) is 1.18. The zero-order valence-electron chi connectivity index (χ0n) is 12.0. The summed E-state index contributed by atoms with van der Waals surface area (Å²) in [5, 5.41) is 4.10. The molecule has 0 radical (unpaired) electrons. The van der Waals surface area contributed by atoms with Crippen molar-refractivity contribution >= 4 is 32.7 Å². The van der Waals surface area contributed by atoms with Crippen LogP contribution in [-0.4, -0.2) is 15.0 Å². The molecule has 120 valence electrons. The van der Waals surface area contributed by atoms with Crippen molar-refractivity contribution in [2.24, 2.45) is 0 Å². The SMILES string of the molecule is O=S(=O)(NCCc1ccc(-c2ccsc2)s1)c1ccccc1F. The number of rotatable bonds is 6. The van der Waals surface area contributed by atoms with E-state index in [2.05, 4.69) is 16.2 Å². The van der Waals surface area contributed by atoms with Gasteiger partial charge in [-0.2, -0.15) is 11.3 Å². The number of thiophene rings is 2.